The predicted molar refractivity (Wildman–Crippen MR) is 134 cm³/mol. The van der Waals surface area contributed by atoms with E-state index in [0.29, 0.717) is 50.4 Å². The maximum absolute atomic E-state index is 15.5. The highest BCUT2D eigenvalue weighted by atomic mass is 32.2. The minimum absolute atomic E-state index is 0.0144. The molecule has 192 valence electrons. The maximum atomic E-state index is 15.5. The Hall–Kier alpha value is -2.66. The van der Waals surface area contributed by atoms with Crippen LogP contribution in [0.3, 0.4) is 0 Å². The Bertz CT molecular complexity index is 1260. The minimum atomic E-state index is -3.64. The van der Waals surface area contributed by atoms with Crippen molar-refractivity contribution in [1.29, 1.82) is 0 Å². The standard InChI is InChI=1S/C26H32FN5O3S/c1-19-7-10-24(20-5-3-2-4-6-20)36(33,34)32(19)17-21-8-9-22(15-23(21)27)26(11-13-35-14-12-26)29-16-25-28-18-30-31-25/h2-6,8-9,15,18-19,24,29H,7,10-14,16-17H2,1H3,(H,28,30,31)/t19-,24+/m0/s1. The quantitative estimate of drug-likeness (QED) is 0.499. The molecule has 0 radical (unpaired) electrons. The largest absolute Gasteiger partial charge is 0.381 e. The summed E-state index contributed by atoms with van der Waals surface area (Å²) in [5, 5.41) is 9.67. The van der Waals surface area contributed by atoms with Gasteiger partial charge < -0.3 is 10.1 Å². The van der Waals surface area contributed by atoms with E-state index in [9.17, 15) is 8.42 Å². The second-order valence-electron chi connectivity index (χ2n) is 9.70. The van der Waals surface area contributed by atoms with E-state index < -0.39 is 26.6 Å². The molecule has 0 spiro atoms. The van der Waals surface area contributed by atoms with Crippen molar-refractivity contribution >= 4 is 10.0 Å². The SMILES string of the molecule is C[C@H]1CC[C@H](c2ccccc2)S(=O)(=O)N1Cc1ccc(C2(NCc3ncn[nH]3)CCOCC2)cc1F. The second kappa shape index (κ2) is 10.4. The summed E-state index contributed by atoms with van der Waals surface area (Å²) >= 11 is 0. The molecule has 3 heterocycles. The van der Waals surface area contributed by atoms with E-state index in [-0.39, 0.29) is 12.6 Å². The Kier molecular flexibility index (Phi) is 7.21. The molecule has 2 fully saturated rings. The van der Waals surface area contributed by atoms with Crippen molar-refractivity contribution in [2.24, 2.45) is 0 Å². The fraction of sp³-hybridized carbons (Fsp3) is 0.462. The Morgan fingerprint density at radius 3 is 2.64 bits per heavy atom. The average Bonchev–Trinajstić information content (AvgIpc) is 3.41. The van der Waals surface area contributed by atoms with Crippen LogP contribution >= 0.6 is 0 Å². The van der Waals surface area contributed by atoms with E-state index in [1.165, 1.54) is 10.6 Å². The summed E-state index contributed by atoms with van der Waals surface area (Å²) < 4.78 is 49.7. The molecular weight excluding hydrogens is 481 g/mol. The number of sulfonamides is 1. The second-order valence-corrected chi connectivity index (χ2v) is 11.8. The Morgan fingerprint density at radius 2 is 1.94 bits per heavy atom. The van der Waals surface area contributed by atoms with Crippen LogP contribution in [0.4, 0.5) is 4.39 Å². The molecule has 2 atom stereocenters. The molecule has 2 aliphatic rings. The molecule has 2 aromatic carbocycles. The first-order chi connectivity index (χ1) is 17.4. The third-order valence-electron chi connectivity index (χ3n) is 7.53. The Morgan fingerprint density at radius 1 is 1.17 bits per heavy atom. The number of aromatic amines is 1. The molecule has 10 heteroatoms. The number of hydrogen-bond donors (Lipinski definition) is 2. The van der Waals surface area contributed by atoms with Crippen LogP contribution in [0.15, 0.2) is 54.9 Å². The van der Waals surface area contributed by atoms with E-state index in [0.717, 1.165) is 17.5 Å². The van der Waals surface area contributed by atoms with E-state index in [4.69, 9.17) is 4.74 Å². The fourth-order valence-electron chi connectivity index (χ4n) is 5.35. The van der Waals surface area contributed by atoms with Gasteiger partial charge in [-0.2, -0.15) is 9.40 Å². The zero-order chi connectivity index (χ0) is 25.2. The highest BCUT2D eigenvalue weighted by Crippen LogP contribution is 2.39. The van der Waals surface area contributed by atoms with E-state index >= 15 is 4.39 Å². The number of hydrogen-bond acceptors (Lipinski definition) is 6. The zero-order valence-electron chi connectivity index (χ0n) is 20.4. The first-order valence-corrected chi connectivity index (χ1v) is 13.9. The van der Waals surface area contributed by atoms with Crippen LogP contribution in [0.1, 0.15) is 60.4 Å². The van der Waals surface area contributed by atoms with Crippen molar-refractivity contribution in [2.45, 2.75) is 62.5 Å². The first kappa shape index (κ1) is 25.0. The monoisotopic (exact) mass is 513 g/mol. The van der Waals surface area contributed by atoms with Crippen LogP contribution in [-0.4, -0.2) is 47.2 Å². The van der Waals surface area contributed by atoms with Gasteiger partial charge in [0.05, 0.1) is 6.54 Å². The van der Waals surface area contributed by atoms with Gasteiger partial charge in [0.2, 0.25) is 10.0 Å². The van der Waals surface area contributed by atoms with Gasteiger partial charge >= 0.3 is 0 Å². The molecule has 2 saturated heterocycles. The lowest BCUT2D eigenvalue weighted by Gasteiger charge is -2.39. The lowest BCUT2D eigenvalue weighted by Crippen LogP contribution is -2.46. The minimum Gasteiger partial charge on any atom is -0.381 e. The number of halogens is 1. The van der Waals surface area contributed by atoms with Crippen molar-refractivity contribution in [3.63, 3.8) is 0 Å². The summed E-state index contributed by atoms with van der Waals surface area (Å²) in [6.07, 6.45) is 4.13. The molecule has 0 saturated carbocycles. The lowest BCUT2D eigenvalue weighted by atomic mass is 9.82. The molecule has 36 heavy (non-hydrogen) atoms. The molecule has 0 aliphatic carbocycles. The number of rotatable bonds is 7. The van der Waals surface area contributed by atoms with Crippen LogP contribution in [0, 0.1) is 5.82 Å². The normalized spacial score (nSPS) is 23.9. The first-order valence-electron chi connectivity index (χ1n) is 12.4. The number of nitrogens with zero attached hydrogens (tertiary/aromatic N) is 3. The van der Waals surface area contributed by atoms with Gasteiger partial charge in [0.1, 0.15) is 23.2 Å². The molecule has 0 bridgehead atoms. The Labute approximate surface area is 211 Å². The smallest absolute Gasteiger partial charge is 0.221 e. The van der Waals surface area contributed by atoms with Crippen molar-refractivity contribution < 1.29 is 17.5 Å². The topological polar surface area (TPSA) is 100 Å². The fourth-order valence-corrected chi connectivity index (χ4v) is 7.54. The lowest BCUT2D eigenvalue weighted by molar-refractivity contribution is 0.0353. The van der Waals surface area contributed by atoms with Gasteiger partial charge in [0, 0.05) is 36.9 Å². The molecule has 8 nitrogen and oxygen atoms in total. The van der Waals surface area contributed by atoms with Crippen LogP contribution in [0.2, 0.25) is 0 Å². The van der Waals surface area contributed by atoms with Gasteiger partial charge in [-0.25, -0.2) is 17.8 Å². The van der Waals surface area contributed by atoms with Gasteiger partial charge in [-0.15, -0.1) is 0 Å². The van der Waals surface area contributed by atoms with Crippen LogP contribution in [0.25, 0.3) is 0 Å². The number of benzene rings is 2. The average molecular weight is 514 g/mol. The van der Waals surface area contributed by atoms with Crippen LogP contribution < -0.4 is 5.32 Å². The molecular formula is C26H32FN5O3S. The van der Waals surface area contributed by atoms with Crippen LogP contribution in [-0.2, 0) is 33.4 Å². The van der Waals surface area contributed by atoms with Crippen molar-refractivity contribution in [1.82, 2.24) is 24.8 Å². The van der Waals surface area contributed by atoms with Gasteiger partial charge in [-0.3, -0.25) is 5.10 Å². The molecule has 3 aromatic rings. The summed E-state index contributed by atoms with van der Waals surface area (Å²) in [5.41, 5.74) is 1.51. The number of aromatic nitrogens is 3. The molecule has 1 aromatic heterocycles. The summed E-state index contributed by atoms with van der Waals surface area (Å²) in [7, 11) is -3.64. The van der Waals surface area contributed by atoms with Crippen molar-refractivity contribution in [3.8, 4) is 0 Å². The van der Waals surface area contributed by atoms with Gasteiger partial charge in [0.25, 0.3) is 0 Å². The van der Waals surface area contributed by atoms with E-state index in [2.05, 4.69) is 20.5 Å². The van der Waals surface area contributed by atoms with Crippen molar-refractivity contribution in [2.75, 3.05) is 13.2 Å². The van der Waals surface area contributed by atoms with Crippen molar-refractivity contribution in [3.05, 3.63) is 83.2 Å². The summed E-state index contributed by atoms with van der Waals surface area (Å²) in [6.45, 7) is 3.51. The maximum Gasteiger partial charge on any atom is 0.221 e. The third kappa shape index (κ3) is 4.95. The number of ether oxygens (including phenoxy) is 1. The highest BCUT2D eigenvalue weighted by Gasteiger charge is 2.41. The molecule has 2 aliphatic heterocycles. The molecule has 2 N–H and O–H groups in total. The highest BCUT2D eigenvalue weighted by molar-refractivity contribution is 7.89. The summed E-state index contributed by atoms with van der Waals surface area (Å²) in [6, 6.07) is 14.3. The third-order valence-corrected chi connectivity index (χ3v) is 9.90. The predicted octanol–water partition coefficient (Wildman–Crippen LogP) is 3.79. The number of nitrogens with one attached hydrogen (secondary N) is 2. The molecule has 5 rings (SSSR count). The van der Waals surface area contributed by atoms with Gasteiger partial charge in [0.15, 0.2) is 0 Å². The number of H-pyrrole nitrogens is 1. The van der Waals surface area contributed by atoms with Gasteiger partial charge in [-0.1, -0.05) is 42.5 Å². The van der Waals surface area contributed by atoms with E-state index in [1.807, 2.05) is 43.3 Å². The molecule has 0 unspecified atom stereocenters. The zero-order valence-corrected chi connectivity index (χ0v) is 21.2. The molecule has 0 amide bonds. The Balaban J connectivity index is 1.39. The summed E-state index contributed by atoms with van der Waals surface area (Å²) in [5.74, 6) is 0.305. The van der Waals surface area contributed by atoms with Gasteiger partial charge in [-0.05, 0) is 49.8 Å². The van der Waals surface area contributed by atoms with Crippen LogP contribution in [0.5, 0.6) is 0 Å². The summed E-state index contributed by atoms with van der Waals surface area (Å²) in [4.78, 5) is 4.17. The van der Waals surface area contributed by atoms with E-state index in [1.54, 1.807) is 12.1 Å².